The maximum absolute atomic E-state index is 12.2. The lowest BCUT2D eigenvalue weighted by molar-refractivity contribution is -0.111. The van der Waals surface area contributed by atoms with Gasteiger partial charge in [-0.15, -0.1) is 10.2 Å². The molecule has 1 aromatic heterocycles. The van der Waals surface area contributed by atoms with Crippen LogP contribution in [-0.4, -0.2) is 20.7 Å². The number of fused-ring (bicyclic) bond motifs is 1. The summed E-state index contributed by atoms with van der Waals surface area (Å²) in [7, 11) is 0. The molecular formula is C22H22N4O. The molecule has 5 nitrogen and oxygen atoms in total. The number of hydrogen-bond acceptors (Lipinski definition) is 3. The Morgan fingerprint density at radius 2 is 1.89 bits per heavy atom. The fourth-order valence-electron chi connectivity index (χ4n) is 3.35. The monoisotopic (exact) mass is 358 g/mol. The van der Waals surface area contributed by atoms with Crippen molar-refractivity contribution in [3.8, 4) is 11.4 Å². The van der Waals surface area contributed by atoms with Crippen molar-refractivity contribution in [2.24, 2.45) is 0 Å². The van der Waals surface area contributed by atoms with Crippen molar-refractivity contribution in [3.05, 3.63) is 72.1 Å². The summed E-state index contributed by atoms with van der Waals surface area (Å²) < 4.78 is 2.21. The van der Waals surface area contributed by atoms with Gasteiger partial charge in [0, 0.05) is 30.3 Å². The van der Waals surface area contributed by atoms with Gasteiger partial charge >= 0.3 is 0 Å². The molecule has 27 heavy (non-hydrogen) atoms. The van der Waals surface area contributed by atoms with Gasteiger partial charge in [0.25, 0.3) is 0 Å². The Morgan fingerprint density at radius 1 is 1.00 bits per heavy atom. The lowest BCUT2D eigenvalue weighted by atomic mass is 10.1. The maximum atomic E-state index is 12.2. The quantitative estimate of drug-likeness (QED) is 0.707. The van der Waals surface area contributed by atoms with Crippen LogP contribution in [0, 0.1) is 0 Å². The normalized spacial score (nSPS) is 13.9. The van der Waals surface area contributed by atoms with Crippen LogP contribution in [0.15, 0.2) is 60.7 Å². The fraction of sp³-hybridized carbons (Fsp3) is 0.227. The number of nitrogens with one attached hydrogen (secondary N) is 1. The summed E-state index contributed by atoms with van der Waals surface area (Å²) in [4.78, 5) is 12.2. The largest absolute Gasteiger partial charge is 0.322 e. The third kappa shape index (κ3) is 4.14. The molecule has 2 heterocycles. The molecule has 1 amide bonds. The van der Waals surface area contributed by atoms with Crippen LogP contribution in [0.3, 0.4) is 0 Å². The van der Waals surface area contributed by atoms with Crippen LogP contribution in [0.25, 0.3) is 17.5 Å². The Morgan fingerprint density at radius 3 is 2.78 bits per heavy atom. The van der Waals surface area contributed by atoms with Crippen LogP contribution < -0.4 is 5.32 Å². The first-order valence-electron chi connectivity index (χ1n) is 9.36. The van der Waals surface area contributed by atoms with Gasteiger partial charge in [0.2, 0.25) is 5.91 Å². The van der Waals surface area contributed by atoms with E-state index >= 15 is 0 Å². The molecule has 0 aliphatic carbocycles. The highest BCUT2D eigenvalue weighted by Gasteiger charge is 2.16. The topological polar surface area (TPSA) is 59.8 Å². The zero-order chi connectivity index (χ0) is 18.5. The molecule has 136 valence electrons. The molecule has 0 bridgehead atoms. The minimum atomic E-state index is -0.156. The van der Waals surface area contributed by atoms with Gasteiger partial charge in [0.1, 0.15) is 5.82 Å². The van der Waals surface area contributed by atoms with Crippen molar-refractivity contribution in [1.82, 2.24) is 14.8 Å². The first kappa shape index (κ1) is 17.2. The fourth-order valence-corrected chi connectivity index (χ4v) is 3.35. The van der Waals surface area contributed by atoms with Crippen molar-refractivity contribution >= 4 is 17.7 Å². The number of rotatable bonds is 4. The Kier molecular flexibility index (Phi) is 5.10. The molecule has 0 saturated heterocycles. The van der Waals surface area contributed by atoms with Crippen molar-refractivity contribution < 1.29 is 4.79 Å². The Labute approximate surface area is 158 Å². The standard InChI is InChI=1S/C22H22N4O/c27-21(14-13-17-8-3-1-4-9-17)23-19-11-7-10-18(16-19)22-25-24-20-12-5-2-6-15-26(20)22/h1,3-4,7-11,13-14,16H,2,5-6,12,15H2,(H,23,27)/b14-13+. The summed E-state index contributed by atoms with van der Waals surface area (Å²) in [5, 5.41) is 11.7. The number of aromatic nitrogens is 3. The molecule has 0 saturated carbocycles. The van der Waals surface area contributed by atoms with Gasteiger partial charge in [0.05, 0.1) is 0 Å². The summed E-state index contributed by atoms with van der Waals surface area (Å²) >= 11 is 0. The van der Waals surface area contributed by atoms with E-state index in [1.807, 2.05) is 54.6 Å². The zero-order valence-electron chi connectivity index (χ0n) is 15.1. The van der Waals surface area contributed by atoms with Crippen molar-refractivity contribution in [2.75, 3.05) is 5.32 Å². The van der Waals surface area contributed by atoms with E-state index in [-0.39, 0.29) is 5.91 Å². The number of anilines is 1. The van der Waals surface area contributed by atoms with E-state index in [4.69, 9.17) is 0 Å². The van der Waals surface area contributed by atoms with Crippen molar-refractivity contribution in [3.63, 3.8) is 0 Å². The van der Waals surface area contributed by atoms with Crippen molar-refractivity contribution in [2.45, 2.75) is 32.2 Å². The molecule has 0 fully saturated rings. The zero-order valence-corrected chi connectivity index (χ0v) is 15.1. The van der Waals surface area contributed by atoms with Gasteiger partial charge in [0.15, 0.2) is 5.82 Å². The molecule has 3 aromatic rings. The Bertz CT molecular complexity index is 959. The lowest BCUT2D eigenvalue weighted by Gasteiger charge is -2.08. The molecule has 0 unspecified atom stereocenters. The first-order chi connectivity index (χ1) is 13.3. The average molecular weight is 358 g/mol. The third-order valence-electron chi connectivity index (χ3n) is 4.72. The summed E-state index contributed by atoms with van der Waals surface area (Å²) in [6.07, 6.45) is 7.88. The van der Waals surface area contributed by atoms with Gasteiger partial charge in [-0.2, -0.15) is 0 Å². The Balaban J connectivity index is 1.51. The SMILES string of the molecule is O=C(/C=C/c1ccccc1)Nc1cccc(-c2nnc3n2CCCCC3)c1. The van der Waals surface area contributed by atoms with Gasteiger partial charge in [-0.05, 0) is 36.6 Å². The van der Waals surface area contributed by atoms with Gasteiger partial charge in [-0.3, -0.25) is 4.79 Å². The molecule has 1 N–H and O–H groups in total. The molecule has 1 aliphatic rings. The molecule has 0 atom stereocenters. The maximum Gasteiger partial charge on any atom is 0.248 e. The van der Waals surface area contributed by atoms with E-state index in [1.54, 1.807) is 12.2 Å². The highest BCUT2D eigenvalue weighted by Crippen LogP contribution is 2.24. The van der Waals surface area contributed by atoms with E-state index in [1.165, 1.54) is 12.8 Å². The number of carbonyl (C=O) groups excluding carboxylic acids is 1. The molecule has 5 heteroatoms. The van der Waals surface area contributed by atoms with E-state index in [9.17, 15) is 4.79 Å². The molecule has 2 aromatic carbocycles. The van der Waals surface area contributed by atoms with Crippen LogP contribution in [0.4, 0.5) is 5.69 Å². The minimum Gasteiger partial charge on any atom is -0.322 e. The molecule has 4 rings (SSSR count). The van der Waals surface area contributed by atoms with Gasteiger partial charge < -0.3 is 9.88 Å². The lowest BCUT2D eigenvalue weighted by Crippen LogP contribution is -2.08. The van der Waals surface area contributed by atoms with Gasteiger partial charge in [-0.25, -0.2) is 0 Å². The minimum absolute atomic E-state index is 0.156. The average Bonchev–Trinajstić information content (AvgIpc) is 2.96. The number of aryl methyl sites for hydroxylation is 1. The third-order valence-corrected chi connectivity index (χ3v) is 4.72. The smallest absolute Gasteiger partial charge is 0.248 e. The van der Waals surface area contributed by atoms with Crippen LogP contribution in [-0.2, 0) is 17.8 Å². The number of nitrogens with zero attached hydrogens (tertiary/aromatic N) is 3. The molecular weight excluding hydrogens is 336 g/mol. The van der Waals surface area contributed by atoms with Crippen LogP contribution in [0.5, 0.6) is 0 Å². The van der Waals surface area contributed by atoms with Crippen molar-refractivity contribution in [1.29, 1.82) is 0 Å². The van der Waals surface area contributed by atoms with Crippen LogP contribution in [0.2, 0.25) is 0 Å². The summed E-state index contributed by atoms with van der Waals surface area (Å²) in [5.41, 5.74) is 2.72. The van der Waals surface area contributed by atoms with E-state index in [2.05, 4.69) is 20.1 Å². The molecule has 1 aliphatic heterocycles. The van der Waals surface area contributed by atoms with E-state index in [0.29, 0.717) is 0 Å². The number of benzene rings is 2. The highest BCUT2D eigenvalue weighted by atomic mass is 16.1. The second kappa shape index (κ2) is 7.99. The number of hydrogen-bond donors (Lipinski definition) is 1. The number of carbonyl (C=O) groups is 1. The van der Waals surface area contributed by atoms with E-state index < -0.39 is 0 Å². The summed E-state index contributed by atoms with van der Waals surface area (Å²) in [6.45, 7) is 0.952. The summed E-state index contributed by atoms with van der Waals surface area (Å²) in [6, 6.07) is 17.6. The predicted octanol–water partition coefficient (Wildman–Crippen LogP) is 4.32. The second-order valence-corrected chi connectivity index (χ2v) is 6.72. The van der Waals surface area contributed by atoms with Gasteiger partial charge in [-0.1, -0.05) is 48.9 Å². The Hall–Kier alpha value is -3.21. The predicted molar refractivity (Wildman–Crippen MR) is 107 cm³/mol. The summed E-state index contributed by atoms with van der Waals surface area (Å²) in [5.74, 6) is 1.78. The first-order valence-corrected chi connectivity index (χ1v) is 9.36. The second-order valence-electron chi connectivity index (χ2n) is 6.72. The molecule has 0 spiro atoms. The van der Waals surface area contributed by atoms with Crippen LogP contribution in [0.1, 0.15) is 30.7 Å². The molecule has 0 radical (unpaired) electrons. The highest BCUT2D eigenvalue weighted by molar-refractivity contribution is 6.02. The number of amides is 1. The van der Waals surface area contributed by atoms with E-state index in [0.717, 1.165) is 47.8 Å². The van der Waals surface area contributed by atoms with Crippen LogP contribution >= 0.6 is 0 Å².